The number of aliphatic hydroxyl groups excluding tert-OH is 1. The Hall–Kier alpha value is -1.72. The van der Waals surface area contributed by atoms with Crippen LogP contribution in [-0.2, 0) is 13.0 Å². The lowest BCUT2D eigenvalue weighted by molar-refractivity contribution is 0.0660. The third-order valence-electron chi connectivity index (χ3n) is 4.39. The van der Waals surface area contributed by atoms with E-state index in [4.69, 9.17) is 4.52 Å². The summed E-state index contributed by atoms with van der Waals surface area (Å²) in [6, 6.07) is 10.2. The highest BCUT2D eigenvalue weighted by Crippen LogP contribution is 2.21. The molecule has 5 heteroatoms. The van der Waals surface area contributed by atoms with E-state index in [2.05, 4.69) is 27.2 Å². The second-order valence-corrected chi connectivity index (χ2v) is 6.12. The van der Waals surface area contributed by atoms with E-state index >= 15 is 0 Å². The number of aromatic nitrogens is 2. The number of aliphatic hydroxyl groups is 1. The molecular formula is C17H23N3O2. The highest BCUT2D eigenvalue weighted by molar-refractivity contribution is 5.18. The summed E-state index contributed by atoms with van der Waals surface area (Å²) in [4.78, 5) is 6.80. The van der Waals surface area contributed by atoms with Gasteiger partial charge in [0.05, 0.1) is 12.6 Å². The van der Waals surface area contributed by atoms with Crippen molar-refractivity contribution in [2.24, 2.45) is 5.92 Å². The average Bonchev–Trinajstić information content (AvgIpc) is 2.96. The van der Waals surface area contributed by atoms with Crippen molar-refractivity contribution in [1.82, 2.24) is 15.0 Å². The normalized spacial score (nSPS) is 18.5. The Morgan fingerprint density at radius 3 is 2.68 bits per heavy atom. The molecule has 1 unspecified atom stereocenters. The van der Waals surface area contributed by atoms with Gasteiger partial charge in [0.2, 0.25) is 5.89 Å². The van der Waals surface area contributed by atoms with Crippen LogP contribution in [0.5, 0.6) is 0 Å². The van der Waals surface area contributed by atoms with Crippen LogP contribution in [0.1, 0.15) is 37.0 Å². The molecule has 0 spiro atoms. The molecule has 1 fully saturated rings. The van der Waals surface area contributed by atoms with Gasteiger partial charge >= 0.3 is 0 Å². The molecule has 1 saturated heterocycles. The zero-order valence-corrected chi connectivity index (χ0v) is 13.0. The number of piperidine rings is 1. The summed E-state index contributed by atoms with van der Waals surface area (Å²) in [6.45, 7) is 4.54. The topological polar surface area (TPSA) is 62.4 Å². The maximum atomic E-state index is 9.64. The lowest BCUT2D eigenvalue weighted by Gasteiger charge is -2.32. The zero-order valence-electron chi connectivity index (χ0n) is 13.0. The van der Waals surface area contributed by atoms with Gasteiger partial charge in [-0.05, 0) is 44.3 Å². The second-order valence-electron chi connectivity index (χ2n) is 6.12. The Morgan fingerprint density at radius 2 is 2.00 bits per heavy atom. The van der Waals surface area contributed by atoms with Crippen LogP contribution >= 0.6 is 0 Å². The molecule has 0 amide bonds. The first-order chi connectivity index (χ1) is 10.7. The fourth-order valence-electron chi connectivity index (χ4n) is 2.99. The fourth-order valence-corrected chi connectivity index (χ4v) is 2.99. The van der Waals surface area contributed by atoms with Gasteiger partial charge in [0.1, 0.15) is 0 Å². The average molecular weight is 301 g/mol. The molecule has 3 rings (SSSR count). The van der Waals surface area contributed by atoms with Gasteiger partial charge in [-0.3, -0.25) is 4.90 Å². The minimum atomic E-state index is -0.206. The molecule has 2 heterocycles. The Morgan fingerprint density at radius 1 is 1.27 bits per heavy atom. The Balaban J connectivity index is 1.52. The summed E-state index contributed by atoms with van der Waals surface area (Å²) in [5.41, 5.74) is 1.19. The number of hydrogen-bond acceptors (Lipinski definition) is 5. The number of rotatable bonds is 5. The summed E-state index contributed by atoms with van der Waals surface area (Å²) >= 11 is 0. The fraction of sp³-hybridized carbons (Fsp3) is 0.529. The molecule has 1 aliphatic rings. The molecule has 1 atom stereocenters. The molecule has 2 aromatic rings. The molecule has 1 aliphatic heterocycles. The first-order valence-corrected chi connectivity index (χ1v) is 7.96. The molecule has 0 saturated carbocycles. The highest BCUT2D eigenvalue weighted by Gasteiger charge is 2.23. The summed E-state index contributed by atoms with van der Waals surface area (Å²) in [7, 11) is 0. The molecule has 0 bridgehead atoms. The van der Waals surface area contributed by atoms with Gasteiger partial charge in [0, 0.05) is 6.42 Å². The van der Waals surface area contributed by atoms with Crippen molar-refractivity contribution in [2.75, 3.05) is 13.1 Å². The van der Waals surface area contributed by atoms with Gasteiger partial charge in [0.25, 0.3) is 0 Å². The molecule has 22 heavy (non-hydrogen) atoms. The van der Waals surface area contributed by atoms with Crippen LogP contribution in [0.3, 0.4) is 0 Å². The van der Waals surface area contributed by atoms with Crippen molar-refractivity contribution < 1.29 is 9.63 Å². The van der Waals surface area contributed by atoms with E-state index in [-0.39, 0.29) is 6.10 Å². The van der Waals surface area contributed by atoms with Crippen molar-refractivity contribution in [3.05, 3.63) is 47.6 Å². The summed E-state index contributed by atoms with van der Waals surface area (Å²) in [6.07, 6.45) is 2.56. The van der Waals surface area contributed by atoms with Crippen LogP contribution in [0.25, 0.3) is 0 Å². The molecule has 1 N–H and O–H groups in total. The number of nitrogens with zero attached hydrogens (tertiary/aromatic N) is 3. The SMILES string of the molecule is CC(O)C1CCN(Cc2nc(Cc3ccccc3)no2)CC1. The van der Waals surface area contributed by atoms with Gasteiger partial charge in [-0.2, -0.15) is 4.98 Å². The smallest absolute Gasteiger partial charge is 0.240 e. The van der Waals surface area contributed by atoms with Crippen molar-refractivity contribution >= 4 is 0 Å². The van der Waals surface area contributed by atoms with Crippen molar-refractivity contribution in [3.8, 4) is 0 Å². The van der Waals surface area contributed by atoms with E-state index in [1.807, 2.05) is 25.1 Å². The Kier molecular flexibility index (Phi) is 4.85. The van der Waals surface area contributed by atoms with Gasteiger partial charge in [-0.1, -0.05) is 35.5 Å². The predicted octanol–water partition coefficient (Wildman–Crippen LogP) is 2.25. The van der Waals surface area contributed by atoms with Crippen LogP contribution in [0, 0.1) is 5.92 Å². The largest absolute Gasteiger partial charge is 0.393 e. The van der Waals surface area contributed by atoms with Gasteiger partial charge in [-0.15, -0.1) is 0 Å². The minimum Gasteiger partial charge on any atom is -0.393 e. The van der Waals surface area contributed by atoms with E-state index in [9.17, 15) is 5.11 Å². The van der Waals surface area contributed by atoms with Crippen LogP contribution in [0.4, 0.5) is 0 Å². The van der Waals surface area contributed by atoms with E-state index in [1.54, 1.807) is 0 Å². The van der Waals surface area contributed by atoms with Crippen LogP contribution in [0.15, 0.2) is 34.9 Å². The molecule has 0 aliphatic carbocycles. The van der Waals surface area contributed by atoms with Crippen LogP contribution < -0.4 is 0 Å². The van der Waals surface area contributed by atoms with E-state index < -0.39 is 0 Å². The maximum Gasteiger partial charge on any atom is 0.240 e. The Bertz CT molecular complexity index is 575. The second kappa shape index (κ2) is 7.03. The summed E-state index contributed by atoms with van der Waals surface area (Å²) in [5, 5.41) is 13.7. The molecular weight excluding hydrogens is 278 g/mol. The van der Waals surface area contributed by atoms with Crippen molar-refractivity contribution in [2.45, 2.75) is 38.8 Å². The van der Waals surface area contributed by atoms with E-state index in [1.165, 1.54) is 5.56 Å². The van der Waals surface area contributed by atoms with Crippen molar-refractivity contribution in [3.63, 3.8) is 0 Å². The highest BCUT2D eigenvalue weighted by atomic mass is 16.5. The van der Waals surface area contributed by atoms with Gasteiger partial charge in [0.15, 0.2) is 5.82 Å². The molecule has 118 valence electrons. The predicted molar refractivity (Wildman–Crippen MR) is 83.2 cm³/mol. The molecule has 1 aromatic carbocycles. The first kappa shape index (κ1) is 15.2. The third-order valence-corrected chi connectivity index (χ3v) is 4.39. The third kappa shape index (κ3) is 3.93. The van der Waals surface area contributed by atoms with Crippen LogP contribution in [0.2, 0.25) is 0 Å². The van der Waals surface area contributed by atoms with E-state index in [0.29, 0.717) is 24.8 Å². The lowest BCUT2D eigenvalue weighted by Crippen LogP contribution is -2.36. The quantitative estimate of drug-likeness (QED) is 0.918. The lowest BCUT2D eigenvalue weighted by atomic mass is 9.92. The number of benzene rings is 1. The number of hydrogen-bond donors (Lipinski definition) is 1. The molecule has 1 aromatic heterocycles. The summed E-state index contributed by atoms with van der Waals surface area (Å²) in [5.74, 6) is 1.84. The first-order valence-electron chi connectivity index (χ1n) is 7.96. The summed E-state index contributed by atoms with van der Waals surface area (Å²) < 4.78 is 5.36. The zero-order chi connectivity index (χ0) is 15.4. The molecule has 0 radical (unpaired) electrons. The van der Waals surface area contributed by atoms with E-state index in [0.717, 1.165) is 31.8 Å². The van der Waals surface area contributed by atoms with Crippen molar-refractivity contribution in [1.29, 1.82) is 0 Å². The standard InChI is InChI=1S/C17H23N3O2/c1-13(21)15-7-9-20(10-8-15)12-17-18-16(19-22-17)11-14-5-3-2-4-6-14/h2-6,13,15,21H,7-12H2,1H3. The maximum absolute atomic E-state index is 9.64. The monoisotopic (exact) mass is 301 g/mol. The minimum absolute atomic E-state index is 0.206. The van der Waals surface area contributed by atoms with Gasteiger partial charge in [-0.25, -0.2) is 0 Å². The van der Waals surface area contributed by atoms with Crippen LogP contribution in [-0.4, -0.2) is 39.3 Å². The van der Waals surface area contributed by atoms with Gasteiger partial charge < -0.3 is 9.63 Å². The molecule has 5 nitrogen and oxygen atoms in total. The Labute approximate surface area is 131 Å². The number of likely N-dealkylation sites (tertiary alicyclic amines) is 1.